The van der Waals surface area contributed by atoms with Crippen LogP contribution in [0.15, 0.2) is 24.3 Å². The Morgan fingerprint density at radius 3 is 2.74 bits per heavy atom. The van der Waals surface area contributed by atoms with Gasteiger partial charge in [-0.25, -0.2) is 4.39 Å². The minimum absolute atomic E-state index is 0.00849. The number of hydrogen-bond donors (Lipinski definition) is 1. The first kappa shape index (κ1) is 15.4. The number of halogens is 1. The molecule has 0 aliphatic carbocycles. The number of benzene rings is 1. The minimum Gasteiger partial charge on any atom is -0.489 e. The molecule has 1 amide bonds. The standard InChI is InChI=1S/C14H21FN2O2/c1-11(2)16-10-14(18)17(3)8-9-19-13-7-5-4-6-12(13)15/h4-7,11,16H,8-10H2,1-3H3. The molecule has 0 bridgehead atoms. The maximum absolute atomic E-state index is 13.3. The van der Waals surface area contributed by atoms with Crippen LogP contribution in [0, 0.1) is 5.82 Å². The number of ether oxygens (including phenoxy) is 1. The van der Waals surface area contributed by atoms with Crippen molar-refractivity contribution < 1.29 is 13.9 Å². The van der Waals surface area contributed by atoms with Crippen molar-refractivity contribution in [3.05, 3.63) is 30.1 Å². The van der Waals surface area contributed by atoms with Gasteiger partial charge in [0.05, 0.1) is 13.1 Å². The topological polar surface area (TPSA) is 41.6 Å². The molecule has 4 nitrogen and oxygen atoms in total. The minimum atomic E-state index is -0.391. The molecule has 0 aromatic heterocycles. The number of carbonyl (C=O) groups excluding carboxylic acids is 1. The molecular weight excluding hydrogens is 247 g/mol. The van der Waals surface area contributed by atoms with Crippen molar-refractivity contribution in [1.82, 2.24) is 10.2 Å². The highest BCUT2D eigenvalue weighted by Gasteiger charge is 2.09. The highest BCUT2D eigenvalue weighted by Crippen LogP contribution is 2.14. The normalized spacial score (nSPS) is 10.6. The molecule has 0 saturated heterocycles. The number of likely N-dealkylation sites (N-methyl/N-ethyl adjacent to an activating group) is 1. The molecule has 5 heteroatoms. The van der Waals surface area contributed by atoms with Crippen molar-refractivity contribution >= 4 is 5.91 Å². The van der Waals surface area contributed by atoms with Crippen LogP contribution >= 0.6 is 0 Å². The number of hydrogen-bond acceptors (Lipinski definition) is 3. The fourth-order valence-electron chi connectivity index (χ4n) is 1.41. The van der Waals surface area contributed by atoms with Gasteiger partial charge in [-0.05, 0) is 12.1 Å². The van der Waals surface area contributed by atoms with Crippen LogP contribution in [0.2, 0.25) is 0 Å². The molecule has 0 unspecified atom stereocenters. The first-order valence-corrected chi connectivity index (χ1v) is 6.35. The van der Waals surface area contributed by atoms with Crippen LogP contribution in [0.4, 0.5) is 4.39 Å². The third kappa shape index (κ3) is 5.70. The van der Waals surface area contributed by atoms with Crippen LogP contribution in [0.1, 0.15) is 13.8 Å². The lowest BCUT2D eigenvalue weighted by Gasteiger charge is -2.18. The van der Waals surface area contributed by atoms with Gasteiger partial charge in [0, 0.05) is 13.1 Å². The predicted octanol–water partition coefficient (Wildman–Crippen LogP) is 1.66. The van der Waals surface area contributed by atoms with Crippen molar-refractivity contribution in [2.75, 3.05) is 26.7 Å². The highest BCUT2D eigenvalue weighted by molar-refractivity contribution is 5.77. The Morgan fingerprint density at radius 2 is 2.11 bits per heavy atom. The van der Waals surface area contributed by atoms with E-state index >= 15 is 0 Å². The maximum atomic E-state index is 13.3. The lowest BCUT2D eigenvalue weighted by molar-refractivity contribution is -0.129. The maximum Gasteiger partial charge on any atom is 0.236 e. The molecule has 0 aliphatic heterocycles. The van der Waals surface area contributed by atoms with E-state index < -0.39 is 5.82 Å². The van der Waals surface area contributed by atoms with Crippen molar-refractivity contribution in [3.63, 3.8) is 0 Å². The molecule has 0 spiro atoms. The molecule has 0 fully saturated rings. The van der Waals surface area contributed by atoms with Gasteiger partial charge >= 0.3 is 0 Å². The largest absolute Gasteiger partial charge is 0.489 e. The Bertz CT molecular complexity index is 410. The van der Waals surface area contributed by atoms with Gasteiger partial charge in [-0.1, -0.05) is 26.0 Å². The van der Waals surface area contributed by atoms with E-state index in [2.05, 4.69) is 5.32 Å². The number of amides is 1. The first-order valence-electron chi connectivity index (χ1n) is 6.35. The van der Waals surface area contributed by atoms with E-state index in [1.54, 1.807) is 30.1 Å². The molecule has 0 radical (unpaired) electrons. The van der Waals surface area contributed by atoms with Crippen LogP contribution in [-0.2, 0) is 4.79 Å². The Kier molecular flexibility index (Phi) is 6.29. The third-order valence-electron chi connectivity index (χ3n) is 2.61. The molecule has 19 heavy (non-hydrogen) atoms. The van der Waals surface area contributed by atoms with Crippen LogP contribution in [0.3, 0.4) is 0 Å². The monoisotopic (exact) mass is 268 g/mol. The smallest absolute Gasteiger partial charge is 0.236 e. The van der Waals surface area contributed by atoms with Gasteiger partial charge in [0.1, 0.15) is 6.61 Å². The summed E-state index contributed by atoms with van der Waals surface area (Å²) >= 11 is 0. The molecule has 0 atom stereocenters. The van der Waals surface area contributed by atoms with E-state index in [4.69, 9.17) is 4.74 Å². The first-order chi connectivity index (χ1) is 9.00. The number of nitrogens with one attached hydrogen (secondary N) is 1. The van der Waals surface area contributed by atoms with E-state index in [1.807, 2.05) is 13.8 Å². The van der Waals surface area contributed by atoms with Gasteiger partial charge in [0.25, 0.3) is 0 Å². The number of carbonyl (C=O) groups is 1. The zero-order valence-electron chi connectivity index (χ0n) is 11.6. The molecule has 1 aromatic carbocycles. The highest BCUT2D eigenvalue weighted by atomic mass is 19.1. The van der Waals surface area contributed by atoms with Crippen molar-refractivity contribution in [1.29, 1.82) is 0 Å². The van der Waals surface area contributed by atoms with Crippen LogP contribution in [0.5, 0.6) is 5.75 Å². The quantitative estimate of drug-likeness (QED) is 0.817. The zero-order valence-corrected chi connectivity index (χ0v) is 11.6. The van der Waals surface area contributed by atoms with Gasteiger partial charge in [0.15, 0.2) is 11.6 Å². The fourth-order valence-corrected chi connectivity index (χ4v) is 1.41. The Hall–Kier alpha value is -1.62. The third-order valence-corrected chi connectivity index (χ3v) is 2.61. The van der Waals surface area contributed by atoms with Crippen molar-refractivity contribution in [3.8, 4) is 5.75 Å². The van der Waals surface area contributed by atoms with E-state index in [0.717, 1.165) is 0 Å². The summed E-state index contributed by atoms with van der Waals surface area (Å²) in [6.07, 6.45) is 0. The molecule has 1 N–H and O–H groups in total. The van der Waals surface area contributed by atoms with Crippen LogP contribution in [0.25, 0.3) is 0 Å². The second-order valence-electron chi connectivity index (χ2n) is 4.63. The summed E-state index contributed by atoms with van der Waals surface area (Å²) < 4.78 is 18.6. The van der Waals surface area contributed by atoms with Gasteiger partial charge in [0.2, 0.25) is 5.91 Å². The SMILES string of the molecule is CC(C)NCC(=O)N(C)CCOc1ccccc1F. The average molecular weight is 268 g/mol. The summed E-state index contributed by atoms with van der Waals surface area (Å²) in [7, 11) is 1.70. The van der Waals surface area contributed by atoms with E-state index in [9.17, 15) is 9.18 Å². The molecule has 1 rings (SSSR count). The lowest BCUT2D eigenvalue weighted by Crippen LogP contribution is -2.39. The van der Waals surface area contributed by atoms with Gasteiger partial charge < -0.3 is 15.0 Å². The summed E-state index contributed by atoms with van der Waals surface area (Å²) in [6, 6.07) is 6.50. The van der Waals surface area contributed by atoms with Crippen molar-refractivity contribution in [2.24, 2.45) is 0 Å². The van der Waals surface area contributed by atoms with Gasteiger partial charge in [-0.15, -0.1) is 0 Å². The Balaban J connectivity index is 2.29. The molecule has 1 aromatic rings. The van der Waals surface area contributed by atoms with Crippen molar-refractivity contribution in [2.45, 2.75) is 19.9 Å². The van der Waals surface area contributed by atoms with E-state index in [1.165, 1.54) is 6.07 Å². The summed E-state index contributed by atoms with van der Waals surface area (Å²) in [4.78, 5) is 13.3. The van der Waals surface area contributed by atoms with Gasteiger partial charge in [-0.2, -0.15) is 0 Å². The van der Waals surface area contributed by atoms with E-state index in [0.29, 0.717) is 13.1 Å². The number of nitrogens with zero attached hydrogens (tertiary/aromatic N) is 1. The summed E-state index contributed by atoms with van der Waals surface area (Å²) in [6.45, 7) is 4.95. The second-order valence-corrected chi connectivity index (χ2v) is 4.63. The van der Waals surface area contributed by atoms with E-state index in [-0.39, 0.29) is 24.3 Å². The summed E-state index contributed by atoms with van der Waals surface area (Å²) in [5.74, 6) is -0.188. The molecule has 0 saturated carbocycles. The predicted molar refractivity (Wildman–Crippen MR) is 72.7 cm³/mol. The van der Waals surface area contributed by atoms with Crippen LogP contribution in [-0.4, -0.2) is 43.6 Å². The fraction of sp³-hybridized carbons (Fsp3) is 0.500. The van der Waals surface area contributed by atoms with Gasteiger partial charge in [-0.3, -0.25) is 4.79 Å². The molecule has 106 valence electrons. The molecule has 0 heterocycles. The summed E-state index contributed by atoms with van der Waals surface area (Å²) in [5.41, 5.74) is 0. The molecular formula is C14H21FN2O2. The number of rotatable bonds is 7. The second kappa shape index (κ2) is 7.74. The van der Waals surface area contributed by atoms with Crippen LogP contribution < -0.4 is 10.1 Å². The Labute approximate surface area is 113 Å². The zero-order chi connectivity index (χ0) is 14.3. The summed E-state index contributed by atoms with van der Waals surface area (Å²) in [5, 5.41) is 3.05. The average Bonchev–Trinajstić information content (AvgIpc) is 2.38. The lowest BCUT2D eigenvalue weighted by atomic mass is 10.3. The molecule has 0 aliphatic rings. The number of para-hydroxylation sites is 1. The Morgan fingerprint density at radius 1 is 1.42 bits per heavy atom.